The molecule has 1 fully saturated rings. The van der Waals surface area contributed by atoms with Gasteiger partial charge in [-0.05, 0) is 45.1 Å². The van der Waals surface area contributed by atoms with Gasteiger partial charge in [0, 0.05) is 13.1 Å². The third kappa shape index (κ3) is 3.21. The standard InChI is InChI=1S/C13H21N5O/c1-17-8-6-10(7-9-17)18(2)13(19)11-4-3-5-12(15-11)16-14/h3-5,10H,6-9,14H2,1-2H3,(H,15,16). The molecule has 1 amide bonds. The second-order valence-corrected chi connectivity index (χ2v) is 5.00. The first-order valence-corrected chi connectivity index (χ1v) is 6.51. The fraction of sp³-hybridized carbons (Fsp3) is 0.538. The molecule has 0 radical (unpaired) electrons. The molecule has 1 saturated heterocycles. The zero-order valence-electron chi connectivity index (χ0n) is 11.5. The maximum atomic E-state index is 12.4. The van der Waals surface area contributed by atoms with Crippen LogP contribution in [0.1, 0.15) is 23.3 Å². The summed E-state index contributed by atoms with van der Waals surface area (Å²) in [6, 6.07) is 5.51. The lowest BCUT2D eigenvalue weighted by Gasteiger charge is -2.34. The summed E-state index contributed by atoms with van der Waals surface area (Å²) in [5.74, 6) is 5.76. The molecule has 3 N–H and O–H groups in total. The Labute approximate surface area is 113 Å². The number of likely N-dealkylation sites (tertiary alicyclic amines) is 1. The molecule has 2 rings (SSSR count). The third-order valence-corrected chi connectivity index (χ3v) is 3.67. The molecule has 0 aromatic carbocycles. The summed E-state index contributed by atoms with van der Waals surface area (Å²) in [4.78, 5) is 20.6. The van der Waals surface area contributed by atoms with E-state index >= 15 is 0 Å². The van der Waals surface area contributed by atoms with E-state index < -0.39 is 0 Å². The predicted molar refractivity (Wildman–Crippen MR) is 74.7 cm³/mol. The normalized spacial score (nSPS) is 17.2. The molecule has 0 atom stereocenters. The average Bonchev–Trinajstić information content (AvgIpc) is 2.46. The molecular weight excluding hydrogens is 242 g/mol. The molecule has 1 aromatic heterocycles. The number of nitrogen functional groups attached to an aromatic ring is 1. The topological polar surface area (TPSA) is 74.5 Å². The van der Waals surface area contributed by atoms with E-state index in [1.54, 1.807) is 23.1 Å². The van der Waals surface area contributed by atoms with Crippen molar-refractivity contribution in [3.05, 3.63) is 23.9 Å². The van der Waals surface area contributed by atoms with E-state index in [4.69, 9.17) is 5.84 Å². The Bertz CT molecular complexity index is 442. The van der Waals surface area contributed by atoms with Crippen LogP contribution >= 0.6 is 0 Å². The summed E-state index contributed by atoms with van der Waals surface area (Å²) in [5.41, 5.74) is 2.89. The largest absolute Gasteiger partial charge is 0.337 e. The quantitative estimate of drug-likeness (QED) is 0.615. The molecule has 1 aromatic rings. The lowest BCUT2D eigenvalue weighted by atomic mass is 10.0. The summed E-state index contributed by atoms with van der Waals surface area (Å²) in [7, 11) is 3.96. The number of nitrogens with one attached hydrogen (secondary N) is 1. The van der Waals surface area contributed by atoms with Gasteiger partial charge in [-0.3, -0.25) is 4.79 Å². The molecule has 19 heavy (non-hydrogen) atoms. The van der Waals surface area contributed by atoms with E-state index in [1.807, 2.05) is 7.05 Å². The number of hydrogen-bond donors (Lipinski definition) is 2. The lowest BCUT2D eigenvalue weighted by Crippen LogP contribution is -2.44. The van der Waals surface area contributed by atoms with Crippen LogP contribution in [0.25, 0.3) is 0 Å². The predicted octanol–water partition coefficient (Wildman–Crippen LogP) is 0.533. The second-order valence-electron chi connectivity index (χ2n) is 5.00. The Kier molecular flexibility index (Phi) is 4.34. The van der Waals surface area contributed by atoms with Gasteiger partial charge in [0.2, 0.25) is 0 Å². The Morgan fingerprint density at radius 1 is 1.47 bits per heavy atom. The molecule has 0 bridgehead atoms. The van der Waals surface area contributed by atoms with Crippen molar-refractivity contribution in [2.45, 2.75) is 18.9 Å². The van der Waals surface area contributed by atoms with Gasteiger partial charge < -0.3 is 15.2 Å². The minimum absolute atomic E-state index is 0.0494. The summed E-state index contributed by atoms with van der Waals surface area (Å²) < 4.78 is 0. The smallest absolute Gasteiger partial charge is 0.272 e. The minimum Gasteiger partial charge on any atom is -0.337 e. The van der Waals surface area contributed by atoms with Crippen molar-refractivity contribution in [2.75, 3.05) is 32.6 Å². The van der Waals surface area contributed by atoms with Gasteiger partial charge >= 0.3 is 0 Å². The van der Waals surface area contributed by atoms with E-state index in [9.17, 15) is 4.79 Å². The summed E-state index contributed by atoms with van der Waals surface area (Å²) in [6.07, 6.45) is 2.02. The van der Waals surface area contributed by atoms with E-state index in [0.29, 0.717) is 17.6 Å². The number of nitrogens with zero attached hydrogens (tertiary/aromatic N) is 3. The van der Waals surface area contributed by atoms with E-state index in [2.05, 4.69) is 22.4 Å². The summed E-state index contributed by atoms with van der Waals surface area (Å²) in [6.45, 7) is 2.06. The number of rotatable bonds is 3. The van der Waals surface area contributed by atoms with Crippen LogP contribution in [0.2, 0.25) is 0 Å². The van der Waals surface area contributed by atoms with Crippen molar-refractivity contribution < 1.29 is 4.79 Å². The van der Waals surface area contributed by atoms with Crippen LogP contribution in [0.4, 0.5) is 5.82 Å². The monoisotopic (exact) mass is 263 g/mol. The Balaban J connectivity index is 2.05. The van der Waals surface area contributed by atoms with Crippen LogP contribution < -0.4 is 11.3 Å². The lowest BCUT2D eigenvalue weighted by molar-refractivity contribution is 0.0654. The highest BCUT2D eigenvalue weighted by molar-refractivity contribution is 5.92. The van der Waals surface area contributed by atoms with Crippen molar-refractivity contribution in [1.29, 1.82) is 0 Å². The number of pyridine rings is 1. The number of carbonyl (C=O) groups is 1. The summed E-state index contributed by atoms with van der Waals surface area (Å²) in [5, 5.41) is 0. The van der Waals surface area contributed by atoms with Crippen LogP contribution in [0.15, 0.2) is 18.2 Å². The highest BCUT2D eigenvalue weighted by atomic mass is 16.2. The highest BCUT2D eigenvalue weighted by Gasteiger charge is 2.25. The Morgan fingerprint density at radius 3 is 2.79 bits per heavy atom. The Hall–Kier alpha value is -1.66. The fourth-order valence-electron chi connectivity index (χ4n) is 2.36. The van der Waals surface area contributed by atoms with Crippen molar-refractivity contribution in [1.82, 2.24) is 14.8 Å². The summed E-state index contributed by atoms with van der Waals surface area (Å²) >= 11 is 0. The number of aromatic nitrogens is 1. The van der Waals surface area contributed by atoms with Crippen molar-refractivity contribution in [2.24, 2.45) is 5.84 Å². The second kappa shape index (κ2) is 5.99. The van der Waals surface area contributed by atoms with Gasteiger partial charge in [-0.1, -0.05) is 6.07 Å². The van der Waals surface area contributed by atoms with Gasteiger partial charge in [0.15, 0.2) is 0 Å². The number of amides is 1. The molecule has 0 spiro atoms. The molecule has 0 unspecified atom stereocenters. The van der Waals surface area contributed by atoms with Crippen molar-refractivity contribution in [3.63, 3.8) is 0 Å². The maximum absolute atomic E-state index is 12.4. The molecule has 0 aliphatic carbocycles. The molecule has 1 aliphatic heterocycles. The molecule has 0 saturated carbocycles. The molecule has 2 heterocycles. The fourth-order valence-corrected chi connectivity index (χ4v) is 2.36. The average molecular weight is 263 g/mol. The number of anilines is 1. The van der Waals surface area contributed by atoms with Gasteiger partial charge in [-0.15, -0.1) is 0 Å². The van der Waals surface area contributed by atoms with Crippen LogP contribution in [0, 0.1) is 0 Å². The SMILES string of the molecule is CN1CCC(N(C)C(=O)c2cccc(NN)n2)CC1. The van der Waals surface area contributed by atoms with Crippen LogP contribution in [-0.2, 0) is 0 Å². The van der Waals surface area contributed by atoms with Crippen LogP contribution in [0.5, 0.6) is 0 Å². The molecule has 1 aliphatic rings. The molecule has 6 nitrogen and oxygen atoms in total. The maximum Gasteiger partial charge on any atom is 0.272 e. The molecule has 6 heteroatoms. The zero-order chi connectivity index (χ0) is 13.8. The first-order chi connectivity index (χ1) is 9.11. The first-order valence-electron chi connectivity index (χ1n) is 6.51. The number of nitrogens with two attached hydrogens (primary N) is 1. The number of piperidine rings is 1. The highest BCUT2D eigenvalue weighted by Crippen LogP contribution is 2.16. The van der Waals surface area contributed by atoms with Crippen LogP contribution in [0.3, 0.4) is 0 Å². The van der Waals surface area contributed by atoms with Gasteiger partial charge in [0.1, 0.15) is 11.5 Å². The van der Waals surface area contributed by atoms with Gasteiger partial charge in [-0.25, -0.2) is 10.8 Å². The number of carbonyl (C=O) groups excluding carboxylic acids is 1. The van der Waals surface area contributed by atoms with Crippen molar-refractivity contribution in [3.8, 4) is 0 Å². The van der Waals surface area contributed by atoms with Gasteiger partial charge in [0.05, 0.1) is 0 Å². The van der Waals surface area contributed by atoms with E-state index in [0.717, 1.165) is 25.9 Å². The van der Waals surface area contributed by atoms with Gasteiger partial charge in [-0.2, -0.15) is 0 Å². The van der Waals surface area contributed by atoms with Gasteiger partial charge in [0.25, 0.3) is 5.91 Å². The third-order valence-electron chi connectivity index (χ3n) is 3.67. The van der Waals surface area contributed by atoms with E-state index in [1.165, 1.54) is 0 Å². The first kappa shape index (κ1) is 13.8. The molecule has 104 valence electrons. The van der Waals surface area contributed by atoms with Crippen LogP contribution in [-0.4, -0.2) is 53.9 Å². The number of hydrazine groups is 1. The minimum atomic E-state index is -0.0494. The Morgan fingerprint density at radius 2 is 2.16 bits per heavy atom. The molecular formula is C13H21N5O. The number of hydrogen-bond acceptors (Lipinski definition) is 5. The van der Waals surface area contributed by atoms with E-state index in [-0.39, 0.29) is 5.91 Å². The zero-order valence-corrected chi connectivity index (χ0v) is 11.5. The van der Waals surface area contributed by atoms with Crippen molar-refractivity contribution >= 4 is 11.7 Å².